The van der Waals surface area contributed by atoms with Gasteiger partial charge in [0.15, 0.2) is 0 Å². The van der Waals surface area contributed by atoms with Crippen LogP contribution in [0.4, 0.5) is 14.9 Å². The Balaban J connectivity index is 1.70. The zero-order valence-electron chi connectivity index (χ0n) is 14.3. The van der Waals surface area contributed by atoms with Gasteiger partial charge in [-0.3, -0.25) is 4.98 Å². The Morgan fingerprint density at radius 1 is 1.38 bits per heavy atom. The summed E-state index contributed by atoms with van der Waals surface area (Å²) in [7, 11) is 1.46. The smallest absolute Gasteiger partial charge is 0.319 e. The molecule has 2 amide bonds. The van der Waals surface area contributed by atoms with Gasteiger partial charge in [-0.05, 0) is 37.2 Å². The minimum absolute atomic E-state index is 0.237. The quantitative estimate of drug-likeness (QED) is 0.764. The molecule has 1 aliphatic rings. The summed E-state index contributed by atoms with van der Waals surface area (Å²) in [5, 5.41) is 9.50. The highest BCUT2D eigenvalue weighted by molar-refractivity contribution is 6.30. The molecule has 26 heavy (non-hydrogen) atoms. The Hall–Kier alpha value is -2.38. The highest BCUT2D eigenvalue weighted by atomic mass is 35.5. The second-order valence-electron chi connectivity index (χ2n) is 6.05. The van der Waals surface area contributed by atoms with Crippen LogP contribution in [0.5, 0.6) is 5.75 Å². The van der Waals surface area contributed by atoms with Crippen molar-refractivity contribution in [3.8, 4) is 5.75 Å². The molecule has 0 saturated carbocycles. The fourth-order valence-corrected chi connectivity index (χ4v) is 3.13. The second-order valence-corrected chi connectivity index (χ2v) is 6.49. The monoisotopic (exact) mass is 378 g/mol. The molecule has 1 aromatic carbocycles. The van der Waals surface area contributed by atoms with E-state index in [-0.39, 0.29) is 18.0 Å². The average molecular weight is 379 g/mol. The van der Waals surface area contributed by atoms with Gasteiger partial charge in [0.1, 0.15) is 11.6 Å². The van der Waals surface area contributed by atoms with Crippen molar-refractivity contribution in [1.29, 1.82) is 0 Å². The zero-order chi connectivity index (χ0) is 18.5. The number of amides is 2. The van der Waals surface area contributed by atoms with Crippen molar-refractivity contribution in [2.75, 3.05) is 25.5 Å². The van der Waals surface area contributed by atoms with Crippen molar-refractivity contribution in [1.82, 2.24) is 15.6 Å². The first-order valence-electron chi connectivity index (χ1n) is 8.30. The van der Waals surface area contributed by atoms with Gasteiger partial charge in [-0.15, -0.1) is 0 Å². The van der Waals surface area contributed by atoms with Crippen LogP contribution in [0.3, 0.4) is 0 Å². The van der Waals surface area contributed by atoms with Gasteiger partial charge in [-0.1, -0.05) is 11.6 Å². The molecule has 3 N–H and O–H groups in total. The molecule has 3 rings (SSSR count). The van der Waals surface area contributed by atoms with Crippen LogP contribution in [-0.4, -0.2) is 37.3 Å². The molecule has 0 radical (unpaired) electrons. The van der Waals surface area contributed by atoms with Crippen molar-refractivity contribution in [3.05, 3.63) is 53.1 Å². The summed E-state index contributed by atoms with van der Waals surface area (Å²) in [6.07, 6.45) is 2.16. The number of hydrogen-bond donors (Lipinski definition) is 3. The van der Waals surface area contributed by atoms with E-state index in [0.717, 1.165) is 6.54 Å². The fourth-order valence-electron chi connectivity index (χ4n) is 3.00. The molecule has 2 aromatic rings. The molecular formula is C18H20ClFN4O2. The number of anilines is 1. The van der Waals surface area contributed by atoms with Crippen LogP contribution in [0.1, 0.15) is 18.0 Å². The van der Waals surface area contributed by atoms with E-state index in [9.17, 15) is 9.18 Å². The largest absolute Gasteiger partial charge is 0.495 e. The lowest BCUT2D eigenvalue weighted by Gasteiger charge is -2.32. The van der Waals surface area contributed by atoms with E-state index in [1.165, 1.54) is 19.4 Å². The van der Waals surface area contributed by atoms with Gasteiger partial charge < -0.3 is 20.7 Å². The van der Waals surface area contributed by atoms with Crippen molar-refractivity contribution in [2.45, 2.75) is 18.4 Å². The molecule has 2 atom stereocenters. The molecular weight excluding hydrogens is 359 g/mol. The first kappa shape index (κ1) is 18.4. The Labute approximate surface area is 156 Å². The van der Waals surface area contributed by atoms with E-state index in [2.05, 4.69) is 20.9 Å². The maximum absolute atomic E-state index is 14.4. The second kappa shape index (κ2) is 8.33. The summed E-state index contributed by atoms with van der Waals surface area (Å²) in [5.41, 5.74) is 0.945. The molecule has 1 aromatic heterocycles. The van der Waals surface area contributed by atoms with Crippen LogP contribution >= 0.6 is 11.6 Å². The summed E-state index contributed by atoms with van der Waals surface area (Å²) in [5.74, 6) is -0.353. The van der Waals surface area contributed by atoms with Crippen LogP contribution in [0.25, 0.3) is 0 Å². The number of ether oxygens (including phenoxy) is 1. The number of hydrogen-bond acceptors (Lipinski definition) is 4. The summed E-state index contributed by atoms with van der Waals surface area (Å²) in [6, 6.07) is 7.54. The average Bonchev–Trinajstić information content (AvgIpc) is 2.64. The van der Waals surface area contributed by atoms with Gasteiger partial charge in [0, 0.05) is 35.3 Å². The number of urea groups is 1. The molecule has 1 aliphatic heterocycles. The fraction of sp³-hybridized carbons (Fsp3) is 0.333. The first-order valence-corrected chi connectivity index (χ1v) is 8.68. The van der Waals surface area contributed by atoms with Gasteiger partial charge in [0.2, 0.25) is 0 Å². The molecule has 2 heterocycles. The third-order valence-corrected chi connectivity index (χ3v) is 4.58. The molecule has 138 valence electrons. The van der Waals surface area contributed by atoms with Gasteiger partial charge >= 0.3 is 6.03 Å². The van der Waals surface area contributed by atoms with Crippen LogP contribution in [0.2, 0.25) is 5.02 Å². The highest BCUT2D eigenvalue weighted by Gasteiger charge is 2.31. The molecule has 8 heteroatoms. The number of methoxy groups -OCH3 is 1. The van der Waals surface area contributed by atoms with Crippen molar-refractivity contribution in [2.24, 2.45) is 0 Å². The van der Waals surface area contributed by atoms with E-state index in [0.29, 0.717) is 35.1 Å². The Kier molecular flexibility index (Phi) is 5.90. The molecule has 0 aliphatic carbocycles. The highest BCUT2D eigenvalue weighted by Crippen LogP contribution is 2.26. The number of pyridine rings is 1. The lowest BCUT2D eigenvalue weighted by atomic mass is 9.89. The zero-order valence-corrected chi connectivity index (χ0v) is 15.0. The van der Waals surface area contributed by atoms with Crippen LogP contribution < -0.4 is 20.7 Å². The lowest BCUT2D eigenvalue weighted by Crippen LogP contribution is -2.49. The van der Waals surface area contributed by atoms with Gasteiger partial charge in [0.05, 0.1) is 19.0 Å². The van der Waals surface area contributed by atoms with Crippen LogP contribution in [0, 0.1) is 5.82 Å². The third kappa shape index (κ3) is 4.42. The van der Waals surface area contributed by atoms with Crippen LogP contribution in [-0.2, 0) is 0 Å². The maximum Gasteiger partial charge on any atom is 0.319 e. The number of benzene rings is 1. The molecule has 6 nitrogen and oxygen atoms in total. The number of carbonyl (C=O) groups is 1. The van der Waals surface area contributed by atoms with Gasteiger partial charge in [-0.2, -0.15) is 0 Å². The summed E-state index contributed by atoms with van der Waals surface area (Å²) < 4.78 is 19.4. The van der Waals surface area contributed by atoms with Gasteiger partial charge in [-0.25, -0.2) is 9.18 Å². The SMILES string of the molecule is COc1cnc([C@@H]2CNCC[C@H]2NC(=O)Nc2ccc(Cl)cc2)c(F)c1. The number of nitrogens with zero attached hydrogens (tertiary/aromatic N) is 1. The number of aromatic nitrogens is 1. The van der Waals surface area contributed by atoms with E-state index < -0.39 is 5.82 Å². The summed E-state index contributed by atoms with van der Waals surface area (Å²) >= 11 is 5.84. The predicted octanol–water partition coefficient (Wildman–Crippen LogP) is 3.15. The summed E-state index contributed by atoms with van der Waals surface area (Å²) in [6.45, 7) is 1.27. The van der Waals surface area contributed by atoms with Crippen molar-refractivity contribution >= 4 is 23.3 Å². The normalized spacial score (nSPS) is 19.7. The number of carbonyl (C=O) groups excluding carboxylic acids is 1. The molecule has 1 fully saturated rings. The summed E-state index contributed by atoms with van der Waals surface area (Å²) in [4.78, 5) is 16.5. The van der Waals surface area contributed by atoms with E-state index in [1.54, 1.807) is 24.3 Å². The molecule has 0 bridgehead atoms. The Morgan fingerprint density at radius 3 is 2.85 bits per heavy atom. The van der Waals surface area contributed by atoms with Crippen molar-refractivity contribution < 1.29 is 13.9 Å². The number of piperidine rings is 1. The minimum atomic E-state index is -0.442. The predicted molar refractivity (Wildman–Crippen MR) is 98.4 cm³/mol. The maximum atomic E-state index is 14.4. The number of rotatable bonds is 4. The molecule has 0 unspecified atom stereocenters. The third-order valence-electron chi connectivity index (χ3n) is 4.33. The van der Waals surface area contributed by atoms with Crippen molar-refractivity contribution in [3.63, 3.8) is 0 Å². The lowest BCUT2D eigenvalue weighted by molar-refractivity contribution is 0.241. The minimum Gasteiger partial charge on any atom is -0.495 e. The molecule has 0 spiro atoms. The molecule has 1 saturated heterocycles. The topological polar surface area (TPSA) is 75.3 Å². The van der Waals surface area contributed by atoms with Crippen LogP contribution in [0.15, 0.2) is 36.5 Å². The van der Waals surface area contributed by atoms with Gasteiger partial charge in [0.25, 0.3) is 0 Å². The Bertz CT molecular complexity index is 772. The number of nitrogens with one attached hydrogen (secondary N) is 3. The Morgan fingerprint density at radius 2 is 2.15 bits per heavy atom. The standard InChI is InChI=1S/C18H20ClFN4O2/c1-26-13-8-15(20)17(22-9-13)14-10-21-7-6-16(14)24-18(25)23-12-4-2-11(19)3-5-12/h2-5,8-9,14,16,21H,6-7,10H2,1H3,(H2,23,24,25)/t14-,16-/m1/s1. The number of halogens is 2. The van der Waals surface area contributed by atoms with E-state index in [4.69, 9.17) is 16.3 Å². The van der Waals surface area contributed by atoms with E-state index >= 15 is 0 Å². The van der Waals surface area contributed by atoms with E-state index in [1.807, 2.05) is 0 Å². The first-order chi connectivity index (χ1) is 12.6.